The molecule has 11 nitrogen and oxygen atoms in total. The molecule has 0 spiro atoms. The van der Waals surface area contributed by atoms with Gasteiger partial charge in [-0.15, -0.1) is 0 Å². The van der Waals surface area contributed by atoms with Gasteiger partial charge in [-0.3, -0.25) is 0 Å². The molecule has 0 aromatic heterocycles. The fraction of sp³-hybridized carbons (Fsp3) is 0.400. The van der Waals surface area contributed by atoms with E-state index in [-0.39, 0.29) is 12.1 Å². The molecule has 0 unspecified atom stereocenters. The molecule has 13 heteroatoms. The van der Waals surface area contributed by atoms with E-state index in [1.165, 1.54) is 11.1 Å². The number of hydrogen-bond acceptors (Lipinski definition) is 11. The lowest BCUT2D eigenvalue weighted by atomic mass is 9.76. The molecule has 2 heterocycles. The fourth-order valence-corrected chi connectivity index (χ4v) is 7.86. The van der Waals surface area contributed by atoms with Crippen LogP contribution in [0.3, 0.4) is 0 Å². The first-order valence-electron chi connectivity index (χ1n) is 18.0. The highest BCUT2D eigenvalue weighted by atomic mass is 16.5. The Balaban J connectivity index is 1.33. The molecule has 0 aliphatic carbocycles. The minimum atomic E-state index is -0.647. The van der Waals surface area contributed by atoms with Gasteiger partial charge in [-0.25, -0.2) is 0 Å². The summed E-state index contributed by atoms with van der Waals surface area (Å²) in [6.45, 7) is 5.01. The number of fused-ring (bicyclic) bond motifs is 2. The summed E-state index contributed by atoms with van der Waals surface area (Å²) in [5.74, 6) is 4.92. The first-order chi connectivity index (χ1) is 25.6. The summed E-state index contributed by atoms with van der Waals surface area (Å²) < 4.78 is 40.7. The molecule has 0 amide bonds. The van der Waals surface area contributed by atoms with E-state index >= 15 is 0 Å². The molecule has 0 bridgehead atoms. The van der Waals surface area contributed by atoms with E-state index in [4.69, 9.17) is 33.2 Å². The van der Waals surface area contributed by atoms with E-state index in [1.54, 1.807) is 56.3 Å². The molecule has 4 aromatic carbocycles. The molecular formula is C40H50B2N2O9. The Morgan fingerprint density at radius 2 is 0.868 bits per heavy atom. The molecule has 280 valence electrons. The van der Waals surface area contributed by atoms with Gasteiger partial charge in [0.25, 0.3) is 0 Å². The van der Waals surface area contributed by atoms with Gasteiger partial charge in [-0.2, -0.15) is 0 Å². The van der Waals surface area contributed by atoms with Gasteiger partial charge in [0, 0.05) is 12.1 Å². The molecule has 0 fully saturated rings. The average Bonchev–Trinajstić information content (AvgIpc) is 3.16. The third-order valence-electron chi connectivity index (χ3n) is 10.6. The quantitative estimate of drug-likeness (QED) is 0.149. The Morgan fingerprint density at radius 3 is 1.21 bits per heavy atom. The van der Waals surface area contributed by atoms with Crippen LogP contribution in [0.25, 0.3) is 0 Å². The molecule has 0 saturated carbocycles. The Morgan fingerprint density at radius 1 is 0.509 bits per heavy atom. The summed E-state index contributed by atoms with van der Waals surface area (Å²) in [6.07, 6.45) is 2.78. The summed E-state index contributed by atoms with van der Waals surface area (Å²) in [5, 5.41) is 21.7. The van der Waals surface area contributed by atoms with Crippen molar-refractivity contribution in [2.45, 2.75) is 51.4 Å². The molecule has 2 aliphatic heterocycles. The fourth-order valence-electron chi connectivity index (χ4n) is 7.86. The van der Waals surface area contributed by atoms with Crippen LogP contribution in [0.4, 0.5) is 0 Å². The van der Waals surface area contributed by atoms with Crippen LogP contribution in [-0.2, 0) is 25.7 Å². The third kappa shape index (κ3) is 7.89. The number of hydrogen-bond donors (Lipinski definition) is 2. The smallest absolute Gasteiger partial charge is 0.376 e. The van der Waals surface area contributed by atoms with Crippen LogP contribution in [0, 0.1) is 0 Å². The van der Waals surface area contributed by atoms with E-state index in [1.807, 2.05) is 60.7 Å². The highest BCUT2D eigenvalue weighted by molar-refractivity contribution is 6.45. The van der Waals surface area contributed by atoms with Crippen molar-refractivity contribution in [3.63, 3.8) is 0 Å². The van der Waals surface area contributed by atoms with Gasteiger partial charge >= 0.3 is 14.1 Å². The van der Waals surface area contributed by atoms with Gasteiger partial charge in [-0.1, -0.05) is 12.1 Å². The highest BCUT2D eigenvalue weighted by Crippen LogP contribution is 2.44. The van der Waals surface area contributed by atoms with Crippen molar-refractivity contribution >= 4 is 14.1 Å². The molecule has 2 N–H and O–H groups in total. The number of nitrogens with zero attached hydrogens (tertiary/aromatic N) is 2. The first kappa shape index (κ1) is 38.2. The molecule has 2 aliphatic rings. The van der Waals surface area contributed by atoms with Crippen molar-refractivity contribution in [2.24, 2.45) is 0 Å². The molecule has 0 radical (unpaired) electrons. The maximum atomic E-state index is 10.8. The standard InChI is InChI=1S/C40H50B2N2O9/c1-41(45)43-15-13-27-21-35(49-5)37(51-7)23-29(27)31(43)17-25-9-11-33(47-3)39(19-25)53-40-20-26(10-12-34(40)48-4)18-32-30-24-38(52-8)36(50-6)22-28(30)14-16-44(32)42(2)46/h9-12,19-24,31-32,45-46H,13-18H2,1-8H3/t31-,32-/m1/s1. The lowest BCUT2D eigenvalue weighted by molar-refractivity contribution is 0.268. The second-order valence-corrected chi connectivity index (χ2v) is 13.6. The molecule has 2 atom stereocenters. The minimum absolute atomic E-state index is 0.119. The topological polar surface area (TPSA) is 112 Å². The van der Waals surface area contributed by atoms with Crippen molar-refractivity contribution in [2.75, 3.05) is 55.7 Å². The molecule has 53 heavy (non-hydrogen) atoms. The number of benzene rings is 4. The van der Waals surface area contributed by atoms with Gasteiger partial charge in [-0.05, 0) is 134 Å². The lowest BCUT2D eigenvalue weighted by Crippen LogP contribution is -2.45. The van der Waals surface area contributed by atoms with Gasteiger partial charge in [0.2, 0.25) is 0 Å². The molecule has 6 rings (SSSR count). The molecule has 4 aromatic rings. The Hall–Kier alpha value is -4.55. The van der Waals surface area contributed by atoms with Crippen LogP contribution in [0.1, 0.15) is 45.5 Å². The van der Waals surface area contributed by atoms with Crippen LogP contribution in [-0.4, -0.2) is 89.5 Å². The van der Waals surface area contributed by atoms with Crippen molar-refractivity contribution in [1.29, 1.82) is 0 Å². The van der Waals surface area contributed by atoms with Gasteiger partial charge in [0.15, 0.2) is 46.0 Å². The largest absolute Gasteiger partial charge is 0.493 e. The van der Waals surface area contributed by atoms with Crippen molar-refractivity contribution in [3.05, 3.63) is 94.0 Å². The van der Waals surface area contributed by atoms with Gasteiger partial charge in [0.1, 0.15) is 0 Å². The van der Waals surface area contributed by atoms with Gasteiger partial charge < -0.3 is 52.8 Å². The second kappa shape index (κ2) is 16.6. The van der Waals surface area contributed by atoms with Crippen LogP contribution in [0.2, 0.25) is 13.6 Å². The Bertz CT molecular complexity index is 1770. The zero-order valence-corrected chi connectivity index (χ0v) is 32.0. The van der Waals surface area contributed by atoms with E-state index < -0.39 is 14.1 Å². The summed E-state index contributed by atoms with van der Waals surface area (Å²) in [6, 6.07) is 19.8. The van der Waals surface area contributed by atoms with E-state index in [2.05, 4.69) is 9.62 Å². The zero-order chi connectivity index (χ0) is 37.8. The average molecular weight is 724 g/mol. The van der Waals surface area contributed by atoms with Gasteiger partial charge in [0.05, 0.1) is 42.7 Å². The lowest BCUT2D eigenvalue weighted by Gasteiger charge is -2.39. The van der Waals surface area contributed by atoms with Crippen molar-refractivity contribution in [1.82, 2.24) is 9.62 Å². The Labute approximate surface area is 313 Å². The first-order valence-corrected chi connectivity index (χ1v) is 18.0. The Kier molecular flexibility index (Phi) is 12.0. The third-order valence-corrected chi connectivity index (χ3v) is 10.6. The SMILES string of the molecule is COc1cc2c(cc1OC)[C@@H](Cc1ccc(OC)c(Oc3cc(C[C@@H]4c5cc(OC)c(OC)cc5CCN4B(C)O)ccc3OC)c1)N(B(C)O)CC2. The monoisotopic (exact) mass is 724 g/mol. The maximum Gasteiger partial charge on any atom is 0.376 e. The van der Waals surface area contributed by atoms with Crippen molar-refractivity contribution < 1.29 is 43.2 Å². The number of methoxy groups -OCH3 is 6. The zero-order valence-electron chi connectivity index (χ0n) is 32.0. The van der Waals surface area contributed by atoms with Crippen LogP contribution in [0.15, 0.2) is 60.7 Å². The van der Waals surface area contributed by atoms with E-state index in [0.717, 1.165) is 35.1 Å². The molecular weight excluding hydrogens is 674 g/mol. The van der Waals surface area contributed by atoms with Crippen molar-refractivity contribution in [3.8, 4) is 46.0 Å². The second-order valence-electron chi connectivity index (χ2n) is 13.6. The maximum absolute atomic E-state index is 10.8. The van der Waals surface area contributed by atoms with Crippen LogP contribution < -0.4 is 33.2 Å². The predicted molar refractivity (Wildman–Crippen MR) is 207 cm³/mol. The molecule has 0 saturated heterocycles. The highest BCUT2D eigenvalue weighted by Gasteiger charge is 2.35. The number of rotatable bonds is 14. The summed E-state index contributed by atoms with van der Waals surface area (Å²) in [4.78, 5) is 4.22. The minimum Gasteiger partial charge on any atom is -0.493 e. The normalized spacial score (nSPS) is 16.9. The van der Waals surface area contributed by atoms with E-state index in [0.29, 0.717) is 71.9 Å². The summed E-state index contributed by atoms with van der Waals surface area (Å²) in [5.41, 5.74) is 6.53. The predicted octanol–water partition coefficient (Wildman–Crippen LogP) is 6.03. The number of ether oxygens (including phenoxy) is 7. The summed E-state index contributed by atoms with van der Waals surface area (Å²) in [7, 11) is 8.51. The van der Waals surface area contributed by atoms with Crippen LogP contribution in [0.5, 0.6) is 46.0 Å². The summed E-state index contributed by atoms with van der Waals surface area (Å²) >= 11 is 0. The van der Waals surface area contributed by atoms with Crippen LogP contribution >= 0.6 is 0 Å². The van der Waals surface area contributed by atoms with E-state index in [9.17, 15) is 10.0 Å².